The summed E-state index contributed by atoms with van der Waals surface area (Å²) < 4.78 is 0. The summed E-state index contributed by atoms with van der Waals surface area (Å²) in [6, 6.07) is 69.1. The first-order chi connectivity index (χ1) is 50.8. The van der Waals surface area contributed by atoms with E-state index in [4.69, 9.17) is 19.7 Å². The van der Waals surface area contributed by atoms with Crippen LogP contribution in [-0.4, -0.2) is 0 Å². The van der Waals surface area contributed by atoms with Crippen molar-refractivity contribution in [2.75, 3.05) is 0 Å². The molecule has 0 N–H and O–H groups in total. The standard InChI is InChI=1S/3C22H16.C22H18.8C2H6.4CH4.4Y/c1-4-16-13-18-9-5-7-17-8-6-10-19(22(17)18)21-12-15(3)14(2)11-20(16)21;1-4-16-13-18-12-11-14(2)15(3)21(18)20-10-6-8-17-7-5-9-19(16)22(17)20;1-4-16-13-18-9-5-7-17-8-6-10-20(22(17)18)21-15(3)14(2)11-12-19(16)21;1-4-16-13-18-9-5-7-17-8-6-10-19(22(17)18)20-12-11-14(2)15(3)21(16)20;8*1-2;;;;;;;;/h3*1,4-12H,2-3H3;5-12H,1,4H2,2-3H3;8*1-2H3;4*1H4;;;;/q4*-2;;;;;;;;;;;;;;;;. The maximum atomic E-state index is 5.91. The van der Waals surface area contributed by atoms with Gasteiger partial charge in [-0.25, -0.2) is 18.2 Å². The Morgan fingerprint density at radius 3 is 0.955 bits per heavy atom. The molecule has 0 saturated heterocycles. The minimum atomic E-state index is 0. The van der Waals surface area contributed by atoms with E-state index in [0.29, 0.717) is 0 Å². The van der Waals surface area contributed by atoms with E-state index in [1.165, 1.54) is 149 Å². The normalized spacial score (nSPS) is 10.3. The molecular weight excluding hydrogens is 1650 g/mol. The third-order valence-electron chi connectivity index (χ3n) is 18.6. The molecule has 4 aliphatic rings. The second kappa shape index (κ2) is 56.5. The molecule has 4 aliphatic carbocycles. The molecule has 4 radical (unpaired) electrons. The molecule has 0 bridgehead atoms. The first-order valence-electron chi connectivity index (χ1n) is 38.3. The fourth-order valence-corrected chi connectivity index (χ4v) is 13.6. The van der Waals surface area contributed by atoms with Crippen molar-refractivity contribution in [2.45, 2.75) is 202 Å². The van der Waals surface area contributed by atoms with Crippen LogP contribution in [0.4, 0.5) is 0 Å². The number of allylic oxidation sites excluding steroid dienone is 7. The summed E-state index contributed by atoms with van der Waals surface area (Å²) in [4.78, 5) is 0. The second-order valence-electron chi connectivity index (χ2n) is 23.6. The predicted molar refractivity (Wildman–Crippen MR) is 493 cm³/mol. The summed E-state index contributed by atoms with van der Waals surface area (Å²) in [7, 11) is 0. The van der Waals surface area contributed by atoms with Crippen molar-refractivity contribution >= 4 is 65.4 Å². The Morgan fingerprint density at radius 2 is 0.545 bits per heavy atom. The largest absolute Gasteiger partial charge is 0.341 e. The van der Waals surface area contributed by atoms with Crippen molar-refractivity contribution in [2.24, 2.45) is 0 Å². The van der Waals surface area contributed by atoms with Crippen LogP contribution in [0.15, 0.2) is 212 Å². The van der Waals surface area contributed by atoms with Crippen molar-refractivity contribution < 1.29 is 131 Å². The van der Waals surface area contributed by atoms with Gasteiger partial charge >= 0.3 is 0 Å². The van der Waals surface area contributed by atoms with E-state index in [2.05, 4.69) is 281 Å². The Labute approximate surface area is 785 Å². The Balaban J connectivity index is -0.000000639. The van der Waals surface area contributed by atoms with Crippen LogP contribution >= 0.6 is 0 Å². The van der Waals surface area contributed by atoms with E-state index in [1.54, 1.807) is 18.2 Å². The van der Waals surface area contributed by atoms with Crippen molar-refractivity contribution in [3.63, 3.8) is 0 Å². The van der Waals surface area contributed by atoms with Gasteiger partial charge in [-0.3, -0.25) is 34.9 Å². The molecule has 0 aliphatic heterocycles. The van der Waals surface area contributed by atoms with Gasteiger partial charge in [-0.2, -0.15) is 28.7 Å². The maximum absolute atomic E-state index is 5.91. The molecule has 582 valence electrons. The van der Waals surface area contributed by atoms with Gasteiger partial charge in [-0.1, -0.05) is 402 Å². The molecule has 0 spiro atoms. The van der Waals surface area contributed by atoms with Gasteiger partial charge in [0.05, 0.1) is 0 Å². The number of hydrogen-bond acceptors (Lipinski definition) is 0. The average Bonchev–Trinajstić information content (AvgIpc) is 1.68. The van der Waals surface area contributed by atoms with Gasteiger partial charge in [-0.05, 0) is 77.5 Å². The third-order valence-corrected chi connectivity index (χ3v) is 18.6. The molecule has 112 heavy (non-hydrogen) atoms. The Bertz CT molecular complexity index is 5060. The summed E-state index contributed by atoms with van der Waals surface area (Å²) in [5.74, 6) is 0. The zero-order chi connectivity index (χ0) is 77.1. The number of rotatable bonds is 4. The van der Waals surface area contributed by atoms with Gasteiger partial charge in [0.2, 0.25) is 0 Å². The molecule has 0 saturated carbocycles. The summed E-state index contributed by atoms with van der Waals surface area (Å²) in [6.45, 7) is 71.3. The molecule has 0 atom stereocenters. The van der Waals surface area contributed by atoms with Crippen LogP contribution in [-0.2, 0) is 131 Å². The first-order valence-corrected chi connectivity index (χ1v) is 38.3. The van der Waals surface area contributed by atoms with E-state index < -0.39 is 0 Å². The van der Waals surface area contributed by atoms with Gasteiger partial charge < -0.3 is 26.7 Å². The first kappa shape index (κ1) is 113. The Kier molecular flexibility index (Phi) is 56.9. The summed E-state index contributed by atoms with van der Waals surface area (Å²) in [5.41, 5.74) is 34.1. The number of benzene rings is 12. The van der Waals surface area contributed by atoms with Crippen molar-refractivity contribution in [1.29, 1.82) is 0 Å². The molecule has 0 nitrogen and oxygen atoms in total. The van der Waals surface area contributed by atoms with Crippen LogP contribution in [0.1, 0.15) is 236 Å². The fourth-order valence-electron chi connectivity index (χ4n) is 13.6. The minimum Gasteiger partial charge on any atom is -0.341 e. The Hall–Kier alpha value is -5.72. The molecule has 4 heteroatoms. The molecule has 0 amide bonds. The van der Waals surface area contributed by atoms with E-state index in [9.17, 15) is 0 Å². The zero-order valence-corrected chi connectivity index (χ0v) is 81.0. The van der Waals surface area contributed by atoms with Crippen LogP contribution in [0.5, 0.6) is 0 Å². The van der Waals surface area contributed by atoms with E-state index in [0.717, 1.165) is 56.5 Å². The summed E-state index contributed by atoms with van der Waals surface area (Å²) >= 11 is 0. The zero-order valence-electron chi connectivity index (χ0n) is 69.7. The molecule has 16 rings (SSSR count). The van der Waals surface area contributed by atoms with E-state index in [1.807, 2.05) is 111 Å². The fraction of sp³-hybridized carbons (Fsp3) is 0.269. The average molecular weight is 1780 g/mol. The van der Waals surface area contributed by atoms with Crippen LogP contribution in [0, 0.1) is 106 Å². The summed E-state index contributed by atoms with van der Waals surface area (Å²) in [6.07, 6.45) is 19.9. The van der Waals surface area contributed by atoms with Gasteiger partial charge in [0.1, 0.15) is 0 Å². The third kappa shape index (κ3) is 24.5. The van der Waals surface area contributed by atoms with Gasteiger partial charge in [0.25, 0.3) is 0 Å². The SMILES string of the molecule is C.C.C.C.CC.CC.CC.CC.CC.CC.CC.CC.[CH-]=CC1=[C-]c2ccc(C)c(C)c2-c2cccc3cccc1c23.[CH-]=CC1=[C-]c2cccc3cccc(c23)-c2c1ccc(C)c2C.[CH-]=CC1=[C-]c2cccc3cccc(c23)-c2cc(C)c(C)cc21.[CH2-]CC1=[C-]c2cccc3cccc(c23)-c2ccc(C)c(C)c21.[Y].[Y].[Y].[Y]. The molecule has 0 fully saturated rings. The maximum Gasteiger partial charge on any atom is 0 e. The second-order valence-corrected chi connectivity index (χ2v) is 23.6. The van der Waals surface area contributed by atoms with Crippen molar-refractivity contribution in [1.82, 2.24) is 0 Å². The number of aryl methyl sites for hydroxylation is 5. The smallest absolute Gasteiger partial charge is 0 e. The van der Waals surface area contributed by atoms with Gasteiger partial charge in [0, 0.05) is 131 Å². The van der Waals surface area contributed by atoms with Gasteiger partial charge in [-0.15, -0.1) is 76.9 Å². The predicted octanol–water partition coefficient (Wildman–Crippen LogP) is 33.6. The topological polar surface area (TPSA) is 0 Å². The van der Waals surface area contributed by atoms with Crippen LogP contribution in [0.2, 0.25) is 0 Å². The molecule has 0 heterocycles. The number of fused-ring (bicyclic) bond motifs is 8. The van der Waals surface area contributed by atoms with Crippen molar-refractivity contribution in [3.05, 3.63) is 352 Å². The molecule has 12 aromatic carbocycles. The molecular formula is C108H130Y4-8. The molecule has 0 unspecified atom stereocenters. The minimum absolute atomic E-state index is 0. The van der Waals surface area contributed by atoms with Crippen LogP contribution < -0.4 is 0 Å². The van der Waals surface area contributed by atoms with E-state index >= 15 is 0 Å². The molecule has 12 aromatic rings. The molecule has 0 aromatic heterocycles. The van der Waals surface area contributed by atoms with Crippen LogP contribution in [0.25, 0.3) is 110 Å². The monoisotopic (exact) mass is 1780 g/mol. The Morgan fingerprint density at radius 1 is 0.259 bits per heavy atom. The quantitative estimate of drug-likeness (QED) is 0.154. The van der Waals surface area contributed by atoms with E-state index in [-0.39, 0.29) is 161 Å². The summed E-state index contributed by atoms with van der Waals surface area (Å²) in [5, 5.41) is 10.1. The van der Waals surface area contributed by atoms with Crippen molar-refractivity contribution in [3.8, 4) is 44.5 Å². The van der Waals surface area contributed by atoms with Gasteiger partial charge in [0.15, 0.2) is 0 Å². The number of hydrogen-bond donors (Lipinski definition) is 0. The van der Waals surface area contributed by atoms with Crippen LogP contribution in [0.3, 0.4) is 0 Å².